The Hall–Kier alpha value is -5.01. The lowest BCUT2D eigenvalue weighted by Gasteiger charge is -2.31. The molecule has 2 N–H and O–H groups in total. The number of imidazole rings is 1. The van der Waals surface area contributed by atoms with Gasteiger partial charge in [0.25, 0.3) is 0 Å². The van der Waals surface area contributed by atoms with Gasteiger partial charge in [-0.15, -0.1) is 0 Å². The summed E-state index contributed by atoms with van der Waals surface area (Å²) < 4.78 is 19.6. The van der Waals surface area contributed by atoms with E-state index >= 15 is 0 Å². The van der Waals surface area contributed by atoms with E-state index in [1.165, 1.54) is 4.90 Å². The summed E-state index contributed by atoms with van der Waals surface area (Å²) >= 11 is 0. The fourth-order valence-corrected chi connectivity index (χ4v) is 6.42. The molecular weight excluding hydrogens is 676 g/mol. The molecule has 0 aliphatic carbocycles. The van der Waals surface area contributed by atoms with Crippen molar-refractivity contribution in [2.75, 3.05) is 31.6 Å². The number of hydrogen-bond acceptors (Lipinski definition) is 9. The molecule has 284 valence electrons. The number of hydrogen-bond donors (Lipinski definition) is 2. The van der Waals surface area contributed by atoms with Gasteiger partial charge in [-0.05, 0) is 85.3 Å². The summed E-state index contributed by atoms with van der Waals surface area (Å²) in [5, 5.41) is 13.4. The standard InChI is InChI=1S/C40H52N6O7/c1-39(2,3)52-37(49)45-25-28(24-32(45)36(47)48)46(38(50)53-40(4,5)6)34-19-12-17-30(42-34)29-16-11-18-31-35(29)44(22-13-21-41-7)33(43-31)20-23-51-26-27-14-9-8-10-15-27/h8-12,14-19,28,32,41H,13,20-26H2,1-7H3,(H,47,48)/t28-,32-/m0/s1. The minimum absolute atomic E-state index is 0.0384. The molecule has 0 bridgehead atoms. The molecule has 0 spiro atoms. The number of aryl methyl sites for hydroxylation is 1. The molecule has 0 radical (unpaired) electrons. The molecule has 13 nitrogen and oxygen atoms in total. The molecule has 1 aliphatic rings. The number of aliphatic carboxylic acids is 1. The second kappa shape index (κ2) is 16.8. The predicted molar refractivity (Wildman–Crippen MR) is 203 cm³/mol. The van der Waals surface area contributed by atoms with Crippen molar-refractivity contribution >= 4 is 35.0 Å². The number of ether oxygens (including phenoxy) is 3. The molecule has 4 aromatic rings. The lowest BCUT2D eigenvalue weighted by molar-refractivity contribution is -0.142. The summed E-state index contributed by atoms with van der Waals surface area (Å²) in [5.41, 5.74) is 2.57. The van der Waals surface area contributed by atoms with Gasteiger partial charge in [0.15, 0.2) is 0 Å². The Labute approximate surface area is 311 Å². The number of benzene rings is 2. The van der Waals surface area contributed by atoms with Crippen molar-refractivity contribution in [1.29, 1.82) is 0 Å². The number of likely N-dealkylation sites (tertiary alicyclic amines) is 1. The lowest BCUT2D eigenvalue weighted by Crippen LogP contribution is -2.46. The molecule has 0 saturated carbocycles. The number of nitrogens with one attached hydrogen (secondary N) is 1. The second-order valence-electron chi connectivity index (χ2n) is 15.2. The smallest absolute Gasteiger partial charge is 0.416 e. The van der Waals surface area contributed by atoms with Gasteiger partial charge in [0, 0.05) is 31.5 Å². The van der Waals surface area contributed by atoms with Crippen molar-refractivity contribution in [2.24, 2.45) is 0 Å². The van der Waals surface area contributed by atoms with Crippen LogP contribution in [0.25, 0.3) is 22.3 Å². The molecule has 1 fully saturated rings. The third-order valence-corrected chi connectivity index (χ3v) is 8.64. The SMILES string of the molecule is CNCCCn1c(CCOCc2ccccc2)nc2cccc(-c3cccc(N(C(=O)OC(C)(C)C)[C@H]4C[C@@H](C(=O)O)N(C(=O)OC(C)(C)C)C4)n3)c21. The Balaban J connectivity index is 1.51. The normalized spacial score (nSPS) is 16.2. The number of carboxylic acid groups (broad SMARTS) is 1. The van der Waals surface area contributed by atoms with Gasteiger partial charge in [-0.3, -0.25) is 9.80 Å². The van der Waals surface area contributed by atoms with E-state index in [-0.39, 0.29) is 18.8 Å². The van der Waals surface area contributed by atoms with Gasteiger partial charge >= 0.3 is 18.2 Å². The number of pyridine rings is 1. The Kier molecular flexibility index (Phi) is 12.4. The molecule has 13 heteroatoms. The van der Waals surface area contributed by atoms with Crippen LogP contribution >= 0.6 is 0 Å². The van der Waals surface area contributed by atoms with Crippen LogP contribution in [0.1, 0.15) is 65.8 Å². The van der Waals surface area contributed by atoms with Crippen LogP contribution in [0.4, 0.5) is 15.4 Å². The Morgan fingerprint density at radius 2 is 1.64 bits per heavy atom. The number of fused-ring (bicyclic) bond motifs is 1. The topological polar surface area (TPSA) is 148 Å². The third kappa shape index (κ3) is 10.1. The zero-order valence-corrected chi connectivity index (χ0v) is 31.8. The van der Waals surface area contributed by atoms with Crippen LogP contribution in [0.5, 0.6) is 0 Å². The molecule has 3 heterocycles. The highest BCUT2D eigenvalue weighted by molar-refractivity contribution is 5.93. The molecule has 1 saturated heterocycles. The van der Waals surface area contributed by atoms with E-state index in [1.54, 1.807) is 47.6 Å². The van der Waals surface area contributed by atoms with E-state index in [0.29, 0.717) is 31.9 Å². The number of amides is 2. The van der Waals surface area contributed by atoms with Gasteiger partial charge in [-0.2, -0.15) is 0 Å². The van der Waals surface area contributed by atoms with E-state index in [4.69, 9.17) is 24.2 Å². The summed E-state index contributed by atoms with van der Waals surface area (Å²) in [4.78, 5) is 52.1. The van der Waals surface area contributed by atoms with Crippen LogP contribution in [-0.4, -0.2) is 92.7 Å². The van der Waals surface area contributed by atoms with Crippen LogP contribution in [-0.2, 0) is 38.6 Å². The monoisotopic (exact) mass is 728 g/mol. The van der Waals surface area contributed by atoms with E-state index in [9.17, 15) is 19.5 Å². The number of anilines is 1. The Morgan fingerprint density at radius 3 is 2.32 bits per heavy atom. The summed E-state index contributed by atoms with van der Waals surface area (Å²) in [6, 6.07) is 19.4. The van der Waals surface area contributed by atoms with Crippen LogP contribution in [0.15, 0.2) is 66.7 Å². The van der Waals surface area contributed by atoms with Crippen molar-refractivity contribution in [3.63, 3.8) is 0 Å². The first-order valence-electron chi connectivity index (χ1n) is 18.1. The van der Waals surface area contributed by atoms with Crippen molar-refractivity contribution in [1.82, 2.24) is 24.8 Å². The van der Waals surface area contributed by atoms with Gasteiger partial charge in [0.2, 0.25) is 0 Å². The van der Waals surface area contributed by atoms with Gasteiger partial charge in [0.1, 0.15) is 28.9 Å². The van der Waals surface area contributed by atoms with Crippen LogP contribution in [0, 0.1) is 0 Å². The molecule has 53 heavy (non-hydrogen) atoms. The van der Waals surface area contributed by atoms with Crippen LogP contribution < -0.4 is 10.2 Å². The zero-order chi connectivity index (χ0) is 38.3. The number of rotatable bonds is 13. The largest absolute Gasteiger partial charge is 0.480 e. The number of aromatic nitrogens is 3. The Morgan fingerprint density at radius 1 is 0.925 bits per heavy atom. The average molecular weight is 729 g/mol. The quantitative estimate of drug-likeness (QED) is 0.143. The van der Waals surface area contributed by atoms with Crippen LogP contribution in [0.2, 0.25) is 0 Å². The molecule has 2 amide bonds. The molecule has 2 aromatic heterocycles. The third-order valence-electron chi connectivity index (χ3n) is 8.64. The minimum Gasteiger partial charge on any atom is -0.480 e. The number of carboxylic acids is 1. The zero-order valence-electron chi connectivity index (χ0n) is 31.8. The first-order valence-corrected chi connectivity index (χ1v) is 18.1. The lowest BCUT2D eigenvalue weighted by atomic mass is 10.1. The fourth-order valence-electron chi connectivity index (χ4n) is 6.42. The average Bonchev–Trinajstić information content (AvgIpc) is 3.68. The highest BCUT2D eigenvalue weighted by Crippen LogP contribution is 2.33. The van der Waals surface area contributed by atoms with Gasteiger partial charge in [-0.25, -0.2) is 24.4 Å². The summed E-state index contributed by atoms with van der Waals surface area (Å²) in [7, 11) is 1.93. The second-order valence-corrected chi connectivity index (χ2v) is 15.2. The Bertz CT molecular complexity index is 1880. The van der Waals surface area contributed by atoms with E-state index in [1.807, 2.05) is 67.7 Å². The number of para-hydroxylation sites is 1. The van der Waals surface area contributed by atoms with Crippen molar-refractivity contribution < 1.29 is 33.7 Å². The summed E-state index contributed by atoms with van der Waals surface area (Å²) in [6.45, 7) is 12.9. The number of carbonyl (C=O) groups excluding carboxylic acids is 2. The predicted octanol–water partition coefficient (Wildman–Crippen LogP) is 6.67. The van der Waals surface area contributed by atoms with E-state index in [0.717, 1.165) is 45.9 Å². The minimum atomic E-state index is -1.21. The molecular formula is C40H52N6O7. The molecule has 1 aliphatic heterocycles. The number of nitrogens with zero attached hydrogens (tertiary/aromatic N) is 5. The first kappa shape index (κ1) is 39.2. The van der Waals surface area contributed by atoms with Gasteiger partial charge in [0.05, 0.1) is 36.0 Å². The molecule has 5 rings (SSSR count). The van der Waals surface area contributed by atoms with Gasteiger partial charge in [-0.1, -0.05) is 48.5 Å². The molecule has 2 aromatic carbocycles. The van der Waals surface area contributed by atoms with Crippen LogP contribution in [0.3, 0.4) is 0 Å². The van der Waals surface area contributed by atoms with E-state index in [2.05, 4.69) is 9.88 Å². The van der Waals surface area contributed by atoms with Crippen molar-refractivity contribution in [2.45, 2.75) is 97.2 Å². The fraction of sp³-hybridized carbons (Fsp3) is 0.475. The molecule has 0 unspecified atom stereocenters. The maximum Gasteiger partial charge on any atom is 0.416 e. The molecule has 2 atom stereocenters. The highest BCUT2D eigenvalue weighted by atomic mass is 16.6. The summed E-state index contributed by atoms with van der Waals surface area (Å²) in [6.07, 6.45) is -0.0214. The highest BCUT2D eigenvalue weighted by Gasteiger charge is 2.46. The van der Waals surface area contributed by atoms with Gasteiger partial charge < -0.3 is 29.2 Å². The van der Waals surface area contributed by atoms with Crippen molar-refractivity contribution in [3.8, 4) is 11.3 Å². The number of carbonyl (C=O) groups is 3. The maximum absolute atomic E-state index is 14.0. The summed E-state index contributed by atoms with van der Waals surface area (Å²) in [5.74, 6) is -0.0237. The maximum atomic E-state index is 14.0. The first-order chi connectivity index (χ1) is 25.1. The van der Waals surface area contributed by atoms with Crippen molar-refractivity contribution in [3.05, 3.63) is 78.1 Å². The van der Waals surface area contributed by atoms with E-state index < -0.39 is 41.4 Å².